The lowest BCUT2D eigenvalue weighted by Gasteiger charge is -2.21. The molecule has 78 valence electrons. The molecule has 0 aliphatic heterocycles. The summed E-state index contributed by atoms with van der Waals surface area (Å²) in [6.45, 7) is 4.32. The molecule has 0 atom stereocenters. The van der Waals surface area contributed by atoms with Gasteiger partial charge in [-0.1, -0.05) is 13.8 Å². The van der Waals surface area contributed by atoms with Gasteiger partial charge in [0.25, 0.3) is 0 Å². The van der Waals surface area contributed by atoms with E-state index in [2.05, 4.69) is 0 Å². The maximum Gasteiger partial charge on any atom is 0.394 e. The van der Waals surface area contributed by atoms with Crippen molar-refractivity contribution in [2.24, 2.45) is 5.92 Å². The van der Waals surface area contributed by atoms with Crippen LogP contribution in [-0.4, -0.2) is 35.0 Å². The Hall–Kier alpha value is -1.57. The van der Waals surface area contributed by atoms with E-state index < -0.39 is 11.9 Å². The molecule has 14 heavy (non-hydrogen) atoms. The summed E-state index contributed by atoms with van der Waals surface area (Å²) in [6.07, 6.45) is 0.158. The van der Waals surface area contributed by atoms with Crippen LogP contribution in [0.2, 0.25) is 0 Å². The zero-order valence-corrected chi connectivity index (χ0v) is 8.36. The van der Waals surface area contributed by atoms with E-state index in [0.29, 0.717) is 6.54 Å². The standard InChI is InChI=1S/C9H14N2O3/c1-7(2)6-11(5-3-4-10)8(12)9(13)14/h7H,3,5-6H2,1-2H3,(H,13,14). The fourth-order valence-corrected chi connectivity index (χ4v) is 1.04. The summed E-state index contributed by atoms with van der Waals surface area (Å²) in [7, 11) is 0. The van der Waals surface area contributed by atoms with Crippen LogP contribution in [0.5, 0.6) is 0 Å². The number of nitriles is 1. The Balaban J connectivity index is 4.32. The monoisotopic (exact) mass is 198 g/mol. The number of aliphatic carboxylic acids is 1. The third kappa shape index (κ3) is 4.45. The van der Waals surface area contributed by atoms with Gasteiger partial charge in [0.05, 0.1) is 12.5 Å². The number of nitrogens with zero attached hydrogens (tertiary/aromatic N) is 2. The van der Waals surface area contributed by atoms with E-state index in [1.165, 1.54) is 4.90 Å². The predicted octanol–water partition coefficient (Wildman–Crippen LogP) is 0.469. The van der Waals surface area contributed by atoms with Gasteiger partial charge in [-0.05, 0) is 5.92 Å². The molecular formula is C9H14N2O3. The van der Waals surface area contributed by atoms with Crippen LogP contribution in [0.4, 0.5) is 0 Å². The molecule has 0 bridgehead atoms. The second kappa shape index (κ2) is 5.97. The molecule has 5 heteroatoms. The SMILES string of the molecule is CC(C)CN(CCC#N)C(=O)C(=O)O. The number of carboxylic acids is 1. The first-order valence-corrected chi connectivity index (χ1v) is 4.38. The van der Waals surface area contributed by atoms with Gasteiger partial charge in [0, 0.05) is 13.1 Å². The van der Waals surface area contributed by atoms with Crippen LogP contribution in [0, 0.1) is 17.2 Å². The molecule has 0 spiro atoms. The zero-order valence-electron chi connectivity index (χ0n) is 8.36. The molecule has 1 amide bonds. The van der Waals surface area contributed by atoms with E-state index in [1.54, 1.807) is 0 Å². The van der Waals surface area contributed by atoms with E-state index in [0.717, 1.165) is 0 Å². The van der Waals surface area contributed by atoms with Crippen molar-refractivity contribution in [3.8, 4) is 6.07 Å². The molecule has 0 heterocycles. The largest absolute Gasteiger partial charge is 0.474 e. The van der Waals surface area contributed by atoms with Crippen molar-refractivity contribution in [3.63, 3.8) is 0 Å². The van der Waals surface area contributed by atoms with Crippen LogP contribution in [0.3, 0.4) is 0 Å². The average Bonchev–Trinajstić information content (AvgIpc) is 2.10. The van der Waals surface area contributed by atoms with Gasteiger partial charge in [-0.2, -0.15) is 5.26 Å². The van der Waals surface area contributed by atoms with E-state index in [4.69, 9.17) is 10.4 Å². The maximum absolute atomic E-state index is 11.1. The minimum absolute atomic E-state index is 0.158. The first-order valence-electron chi connectivity index (χ1n) is 4.38. The van der Waals surface area contributed by atoms with Crippen LogP contribution in [0.15, 0.2) is 0 Å². The zero-order chi connectivity index (χ0) is 11.1. The fourth-order valence-electron chi connectivity index (χ4n) is 1.04. The van der Waals surface area contributed by atoms with Crippen molar-refractivity contribution in [1.82, 2.24) is 4.90 Å². The second-order valence-corrected chi connectivity index (χ2v) is 3.36. The van der Waals surface area contributed by atoms with Gasteiger partial charge in [-0.3, -0.25) is 4.79 Å². The normalized spacial score (nSPS) is 9.57. The van der Waals surface area contributed by atoms with Crippen LogP contribution in [-0.2, 0) is 9.59 Å². The number of carboxylic acid groups (broad SMARTS) is 1. The molecular weight excluding hydrogens is 184 g/mol. The summed E-state index contributed by atoms with van der Waals surface area (Å²) in [6, 6.07) is 1.88. The highest BCUT2D eigenvalue weighted by molar-refractivity contribution is 6.31. The van der Waals surface area contributed by atoms with Crippen LogP contribution in [0.25, 0.3) is 0 Å². The van der Waals surface area contributed by atoms with E-state index in [1.807, 2.05) is 19.9 Å². The predicted molar refractivity (Wildman–Crippen MR) is 49.3 cm³/mol. The Morgan fingerprint density at radius 1 is 1.50 bits per heavy atom. The number of hydrogen-bond acceptors (Lipinski definition) is 3. The Bertz CT molecular complexity index is 255. The molecule has 0 aromatic rings. The highest BCUT2D eigenvalue weighted by Crippen LogP contribution is 2.00. The Morgan fingerprint density at radius 3 is 2.43 bits per heavy atom. The van der Waals surface area contributed by atoms with Gasteiger partial charge < -0.3 is 10.0 Å². The van der Waals surface area contributed by atoms with Crippen molar-refractivity contribution < 1.29 is 14.7 Å². The molecule has 0 unspecified atom stereocenters. The molecule has 1 N–H and O–H groups in total. The highest BCUT2D eigenvalue weighted by Gasteiger charge is 2.20. The number of hydrogen-bond donors (Lipinski definition) is 1. The summed E-state index contributed by atoms with van der Waals surface area (Å²) in [4.78, 5) is 22.7. The highest BCUT2D eigenvalue weighted by atomic mass is 16.4. The van der Waals surface area contributed by atoms with Gasteiger partial charge in [0.2, 0.25) is 0 Å². The molecule has 0 saturated carbocycles. The van der Waals surface area contributed by atoms with Gasteiger partial charge in [-0.25, -0.2) is 4.79 Å². The minimum Gasteiger partial charge on any atom is -0.474 e. The van der Waals surface area contributed by atoms with Crippen molar-refractivity contribution in [1.29, 1.82) is 5.26 Å². The van der Waals surface area contributed by atoms with Crippen LogP contribution in [0.1, 0.15) is 20.3 Å². The minimum atomic E-state index is -1.47. The lowest BCUT2D eigenvalue weighted by molar-refractivity contribution is -0.156. The molecule has 0 aromatic heterocycles. The van der Waals surface area contributed by atoms with Gasteiger partial charge in [0.1, 0.15) is 0 Å². The van der Waals surface area contributed by atoms with Gasteiger partial charge in [0.15, 0.2) is 0 Å². The maximum atomic E-state index is 11.1. The first-order chi connectivity index (χ1) is 6.49. The quantitative estimate of drug-likeness (QED) is 0.666. The molecule has 0 saturated heterocycles. The lowest BCUT2D eigenvalue weighted by atomic mass is 10.2. The summed E-state index contributed by atoms with van der Waals surface area (Å²) in [5, 5.41) is 16.8. The summed E-state index contributed by atoms with van der Waals surface area (Å²) < 4.78 is 0. The Labute approximate surface area is 82.9 Å². The molecule has 0 aliphatic rings. The topological polar surface area (TPSA) is 81.4 Å². The molecule has 5 nitrogen and oxygen atoms in total. The molecule has 0 fully saturated rings. The second-order valence-electron chi connectivity index (χ2n) is 3.36. The third-order valence-corrected chi connectivity index (χ3v) is 1.55. The first kappa shape index (κ1) is 12.4. The van der Waals surface area contributed by atoms with Crippen molar-refractivity contribution in [3.05, 3.63) is 0 Å². The lowest BCUT2D eigenvalue weighted by Crippen LogP contribution is -2.39. The Kier molecular flexibility index (Phi) is 5.30. The van der Waals surface area contributed by atoms with Crippen molar-refractivity contribution >= 4 is 11.9 Å². The number of carbonyl (C=O) groups excluding carboxylic acids is 1. The van der Waals surface area contributed by atoms with E-state index in [9.17, 15) is 9.59 Å². The van der Waals surface area contributed by atoms with Gasteiger partial charge in [-0.15, -0.1) is 0 Å². The van der Waals surface area contributed by atoms with E-state index in [-0.39, 0.29) is 18.9 Å². The molecule has 0 aliphatic carbocycles. The molecule has 0 radical (unpaired) electrons. The number of carbonyl (C=O) groups is 2. The van der Waals surface area contributed by atoms with E-state index >= 15 is 0 Å². The average molecular weight is 198 g/mol. The van der Waals surface area contributed by atoms with Gasteiger partial charge >= 0.3 is 11.9 Å². The number of rotatable bonds is 4. The van der Waals surface area contributed by atoms with Crippen molar-refractivity contribution in [2.45, 2.75) is 20.3 Å². The molecule has 0 rings (SSSR count). The van der Waals surface area contributed by atoms with Crippen molar-refractivity contribution in [2.75, 3.05) is 13.1 Å². The summed E-state index contributed by atoms with van der Waals surface area (Å²) in [5.41, 5.74) is 0. The van der Waals surface area contributed by atoms with Crippen LogP contribution >= 0.6 is 0 Å². The Morgan fingerprint density at radius 2 is 2.07 bits per heavy atom. The summed E-state index contributed by atoms with van der Waals surface area (Å²) >= 11 is 0. The van der Waals surface area contributed by atoms with Crippen LogP contribution < -0.4 is 0 Å². The smallest absolute Gasteiger partial charge is 0.394 e. The third-order valence-electron chi connectivity index (χ3n) is 1.55. The fraction of sp³-hybridized carbons (Fsp3) is 0.667. The molecule has 0 aromatic carbocycles. The number of amides is 1. The summed E-state index contributed by atoms with van der Waals surface area (Å²) in [5.74, 6) is -2.21.